The van der Waals surface area contributed by atoms with E-state index in [4.69, 9.17) is 27.9 Å². The molecule has 1 aliphatic heterocycles. The molecule has 0 bridgehead atoms. The summed E-state index contributed by atoms with van der Waals surface area (Å²) >= 11 is 11.8. The fourth-order valence-electron chi connectivity index (χ4n) is 1.96. The molecule has 4 nitrogen and oxygen atoms in total. The van der Waals surface area contributed by atoms with Crippen LogP contribution in [0.3, 0.4) is 0 Å². The van der Waals surface area contributed by atoms with Crippen LogP contribution in [0.25, 0.3) is 0 Å². The highest BCUT2D eigenvalue weighted by molar-refractivity contribution is 6.42. The van der Waals surface area contributed by atoms with E-state index in [9.17, 15) is 4.79 Å². The van der Waals surface area contributed by atoms with Gasteiger partial charge < -0.3 is 15.0 Å². The van der Waals surface area contributed by atoms with Gasteiger partial charge in [-0.25, -0.2) is 0 Å². The molecule has 1 aromatic carbocycles. The Hall–Kier alpha value is -0.810. The lowest BCUT2D eigenvalue weighted by Gasteiger charge is -2.27. The molecule has 1 atom stereocenters. The molecule has 19 heavy (non-hydrogen) atoms. The van der Waals surface area contributed by atoms with Gasteiger partial charge in [0.1, 0.15) is 6.10 Å². The summed E-state index contributed by atoms with van der Waals surface area (Å²) in [4.78, 5) is 13.8. The summed E-state index contributed by atoms with van der Waals surface area (Å²) in [6, 6.07) is 5.36. The van der Waals surface area contributed by atoms with Crippen molar-refractivity contribution in [2.75, 3.05) is 26.7 Å². The maximum atomic E-state index is 12.2. The van der Waals surface area contributed by atoms with Crippen LogP contribution < -0.4 is 5.32 Å². The van der Waals surface area contributed by atoms with Crippen molar-refractivity contribution in [1.82, 2.24) is 10.2 Å². The average Bonchev–Trinajstić information content (AvgIpc) is 2.43. The zero-order valence-corrected chi connectivity index (χ0v) is 12.2. The first kappa shape index (κ1) is 14.6. The maximum absolute atomic E-state index is 12.2. The van der Waals surface area contributed by atoms with E-state index >= 15 is 0 Å². The van der Waals surface area contributed by atoms with Crippen molar-refractivity contribution in [3.05, 3.63) is 33.8 Å². The molecule has 1 N–H and O–H groups in total. The summed E-state index contributed by atoms with van der Waals surface area (Å²) < 4.78 is 5.44. The Morgan fingerprint density at radius 3 is 2.89 bits per heavy atom. The molecule has 2 rings (SSSR count). The number of ether oxygens (including phenoxy) is 1. The molecule has 6 heteroatoms. The SMILES string of the molecule is CN(Cc1ccc(Cl)c(Cl)c1)C(=O)C1CNCCO1. The lowest BCUT2D eigenvalue weighted by atomic mass is 10.2. The number of rotatable bonds is 3. The number of nitrogens with one attached hydrogen (secondary N) is 1. The molecule has 1 saturated heterocycles. The summed E-state index contributed by atoms with van der Waals surface area (Å²) in [5.41, 5.74) is 0.939. The van der Waals surface area contributed by atoms with Crippen LogP contribution in [0.4, 0.5) is 0 Å². The number of hydrogen-bond donors (Lipinski definition) is 1. The normalized spacial score (nSPS) is 19.2. The van der Waals surface area contributed by atoms with Crippen molar-refractivity contribution in [3.63, 3.8) is 0 Å². The van der Waals surface area contributed by atoms with Gasteiger partial charge in [0.25, 0.3) is 5.91 Å². The Morgan fingerprint density at radius 2 is 2.26 bits per heavy atom. The van der Waals surface area contributed by atoms with Crippen molar-refractivity contribution >= 4 is 29.1 Å². The standard InChI is InChI=1S/C13H16Cl2N2O2/c1-17(13(18)12-7-16-4-5-19-12)8-9-2-3-10(14)11(15)6-9/h2-3,6,12,16H,4-5,7-8H2,1H3. The Labute approximate surface area is 122 Å². The van der Waals surface area contributed by atoms with Gasteiger partial charge in [-0.05, 0) is 17.7 Å². The van der Waals surface area contributed by atoms with Gasteiger partial charge in [0, 0.05) is 26.7 Å². The molecule has 1 unspecified atom stereocenters. The molecule has 0 spiro atoms. The Kier molecular flexibility index (Phi) is 5.05. The zero-order chi connectivity index (χ0) is 13.8. The van der Waals surface area contributed by atoms with Gasteiger partial charge >= 0.3 is 0 Å². The molecule has 1 amide bonds. The number of nitrogens with zero attached hydrogens (tertiary/aromatic N) is 1. The molecular weight excluding hydrogens is 287 g/mol. The van der Waals surface area contributed by atoms with Crippen molar-refractivity contribution in [2.45, 2.75) is 12.6 Å². The van der Waals surface area contributed by atoms with Crippen LogP contribution in [-0.4, -0.2) is 43.7 Å². The summed E-state index contributed by atoms with van der Waals surface area (Å²) in [7, 11) is 1.75. The van der Waals surface area contributed by atoms with Crippen LogP contribution in [0.1, 0.15) is 5.56 Å². The van der Waals surface area contributed by atoms with E-state index in [-0.39, 0.29) is 5.91 Å². The van der Waals surface area contributed by atoms with Crippen molar-refractivity contribution in [3.8, 4) is 0 Å². The van der Waals surface area contributed by atoms with Gasteiger partial charge in [-0.2, -0.15) is 0 Å². The second-order valence-corrected chi connectivity index (χ2v) is 5.32. The fourth-order valence-corrected chi connectivity index (χ4v) is 2.28. The summed E-state index contributed by atoms with van der Waals surface area (Å²) in [6.45, 7) is 2.40. The predicted molar refractivity (Wildman–Crippen MR) is 75.5 cm³/mol. The predicted octanol–water partition coefficient (Wildman–Crippen LogP) is 1.94. The third-order valence-corrected chi connectivity index (χ3v) is 3.72. The fraction of sp³-hybridized carbons (Fsp3) is 0.462. The van der Waals surface area contributed by atoms with Gasteiger partial charge in [0.2, 0.25) is 0 Å². The summed E-state index contributed by atoms with van der Waals surface area (Å²) in [5, 5.41) is 4.15. The van der Waals surface area contributed by atoms with Crippen LogP contribution >= 0.6 is 23.2 Å². The number of carbonyl (C=O) groups excluding carboxylic acids is 1. The first-order chi connectivity index (χ1) is 9.08. The van der Waals surface area contributed by atoms with Crippen LogP contribution in [0.15, 0.2) is 18.2 Å². The first-order valence-electron chi connectivity index (χ1n) is 6.09. The monoisotopic (exact) mass is 302 g/mol. The van der Waals surface area contributed by atoms with Crippen LogP contribution in [-0.2, 0) is 16.1 Å². The smallest absolute Gasteiger partial charge is 0.253 e. The van der Waals surface area contributed by atoms with Gasteiger partial charge in [-0.3, -0.25) is 4.79 Å². The third kappa shape index (κ3) is 3.83. The lowest BCUT2D eigenvalue weighted by Crippen LogP contribution is -2.48. The minimum Gasteiger partial charge on any atom is -0.366 e. The average molecular weight is 303 g/mol. The van der Waals surface area contributed by atoms with E-state index < -0.39 is 6.10 Å². The number of likely N-dealkylation sites (N-methyl/N-ethyl adjacent to an activating group) is 1. The number of morpholine rings is 1. The highest BCUT2D eigenvalue weighted by atomic mass is 35.5. The Morgan fingerprint density at radius 1 is 1.47 bits per heavy atom. The number of amides is 1. The minimum absolute atomic E-state index is 0.0294. The van der Waals surface area contributed by atoms with E-state index in [0.717, 1.165) is 12.1 Å². The second-order valence-electron chi connectivity index (χ2n) is 4.51. The third-order valence-electron chi connectivity index (χ3n) is 2.98. The molecule has 0 aliphatic carbocycles. The molecule has 0 aromatic heterocycles. The topological polar surface area (TPSA) is 41.6 Å². The summed E-state index contributed by atoms with van der Waals surface area (Å²) in [6.07, 6.45) is -0.401. The quantitative estimate of drug-likeness (QED) is 0.928. The molecule has 104 valence electrons. The maximum Gasteiger partial charge on any atom is 0.253 e. The van der Waals surface area contributed by atoms with Gasteiger partial charge in [0.05, 0.1) is 16.7 Å². The van der Waals surface area contributed by atoms with E-state index in [1.165, 1.54) is 0 Å². The minimum atomic E-state index is -0.401. The van der Waals surface area contributed by atoms with Gasteiger partial charge in [-0.1, -0.05) is 29.3 Å². The Balaban J connectivity index is 1.97. The molecule has 0 radical (unpaired) electrons. The number of benzene rings is 1. The molecule has 0 saturated carbocycles. The van der Waals surface area contributed by atoms with E-state index in [2.05, 4.69) is 5.32 Å². The molecule has 1 aliphatic rings. The van der Waals surface area contributed by atoms with Crippen LogP contribution in [0.2, 0.25) is 10.0 Å². The lowest BCUT2D eigenvalue weighted by molar-refractivity contribution is -0.144. The zero-order valence-electron chi connectivity index (χ0n) is 10.7. The van der Waals surface area contributed by atoms with Crippen molar-refractivity contribution in [2.24, 2.45) is 0 Å². The van der Waals surface area contributed by atoms with E-state index in [1.54, 1.807) is 24.1 Å². The molecule has 1 aromatic rings. The number of carbonyl (C=O) groups is 1. The first-order valence-corrected chi connectivity index (χ1v) is 6.85. The molecule has 1 fully saturated rings. The van der Waals surface area contributed by atoms with Gasteiger partial charge in [0.15, 0.2) is 0 Å². The van der Waals surface area contributed by atoms with Crippen molar-refractivity contribution < 1.29 is 9.53 Å². The number of halogens is 2. The van der Waals surface area contributed by atoms with Gasteiger partial charge in [-0.15, -0.1) is 0 Å². The largest absolute Gasteiger partial charge is 0.366 e. The molecule has 1 heterocycles. The Bertz CT molecular complexity index is 462. The van der Waals surface area contributed by atoms with Crippen LogP contribution in [0.5, 0.6) is 0 Å². The highest BCUT2D eigenvalue weighted by Crippen LogP contribution is 2.23. The van der Waals surface area contributed by atoms with Crippen molar-refractivity contribution in [1.29, 1.82) is 0 Å². The highest BCUT2D eigenvalue weighted by Gasteiger charge is 2.24. The summed E-state index contributed by atoms with van der Waals surface area (Å²) in [5.74, 6) is -0.0294. The molecular formula is C13H16Cl2N2O2. The van der Waals surface area contributed by atoms with Crippen LogP contribution in [0, 0.1) is 0 Å². The second kappa shape index (κ2) is 6.57. The van der Waals surface area contributed by atoms with E-state index in [0.29, 0.717) is 29.7 Å². The number of hydrogen-bond acceptors (Lipinski definition) is 3. The van der Waals surface area contributed by atoms with E-state index in [1.807, 2.05) is 6.07 Å².